The molecule has 0 radical (unpaired) electrons. The molecular weight excluding hydrogens is 390 g/mol. The van der Waals surface area contributed by atoms with E-state index in [4.69, 9.17) is 4.98 Å². The number of aromatic nitrogens is 3. The fourth-order valence-electron chi connectivity index (χ4n) is 5.92. The molecule has 0 N–H and O–H groups in total. The van der Waals surface area contributed by atoms with Crippen molar-refractivity contribution >= 4 is 43.7 Å². The third kappa shape index (κ3) is 2.45. The van der Waals surface area contributed by atoms with E-state index < -0.39 is 0 Å². The van der Waals surface area contributed by atoms with Gasteiger partial charge in [-0.15, -0.1) is 0 Å². The number of nitrogens with zero attached hydrogens (tertiary/aromatic N) is 3. The largest absolute Gasteiger partial charge is 0.334 e. The van der Waals surface area contributed by atoms with Gasteiger partial charge in [-0.1, -0.05) is 73.9 Å². The molecule has 3 aromatic carbocycles. The lowest BCUT2D eigenvalue weighted by Crippen LogP contribution is -2.13. The standard InChI is InChI=1S/C29H25N3/c1-3-11-20(12-4-1)31-25-17-9-7-15-22(25)24-19-30-27-23-16-8-10-18-26(23)32(29(27)28(24)31)21-13-5-2-6-14-21/h1,3-4,7-12,15-19,21H,2,5-6,13-14H2. The third-order valence-electron chi connectivity index (χ3n) is 7.30. The van der Waals surface area contributed by atoms with Crippen LogP contribution in [0.2, 0.25) is 0 Å². The maximum absolute atomic E-state index is 5.08. The van der Waals surface area contributed by atoms with Crippen molar-refractivity contribution in [3.8, 4) is 5.69 Å². The van der Waals surface area contributed by atoms with Crippen molar-refractivity contribution in [2.75, 3.05) is 0 Å². The Balaban J connectivity index is 1.73. The van der Waals surface area contributed by atoms with Crippen LogP contribution in [0, 0.1) is 0 Å². The van der Waals surface area contributed by atoms with E-state index in [1.54, 1.807) is 0 Å². The van der Waals surface area contributed by atoms with Gasteiger partial charge in [0.05, 0.1) is 27.6 Å². The van der Waals surface area contributed by atoms with Crippen LogP contribution in [0.5, 0.6) is 0 Å². The normalized spacial score (nSPS) is 15.4. The van der Waals surface area contributed by atoms with Gasteiger partial charge in [-0.2, -0.15) is 0 Å². The van der Waals surface area contributed by atoms with Crippen LogP contribution in [0.3, 0.4) is 0 Å². The Labute approximate surface area is 186 Å². The van der Waals surface area contributed by atoms with Gasteiger partial charge in [0.1, 0.15) is 0 Å². The SMILES string of the molecule is c1ccc(-n2c3ccccc3c3cnc4c5ccccc5n(C5CCCCC5)c4c32)cc1. The van der Waals surface area contributed by atoms with Gasteiger partial charge < -0.3 is 9.13 Å². The van der Waals surface area contributed by atoms with Crippen LogP contribution < -0.4 is 0 Å². The minimum Gasteiger partial charge on any atom is -0.334 e. The van der Waals surface area contributed by atoms with Gasteiger partial charge >= 0.3 is 0 Å². The van der Waals surface area contributed by atoms with E-state index in [2.05, 4.69) is 94.2 Å². The first kappa shape index (κ1) is 18.0. The number of pyridine rings is 1. The van der Waals surface area contributed by atoms with Gasteiger partial charge in [-0.3, -0.25) is 4.98 Å². The molecule has 1 fully saturated rings. The highest BCUT2D eigenvalue weighted by atomic mass is 15.1. The molecule has 0 bridgehead atoms. The number of para-hydroxylation sites is 3. The lowest BCUT2D eigenvalue weighted by Gasteiger charge is -2.25. The molecule has 3 heterocycles. The molecule has 1 aliphatic rings. The quantitative estimate of drug-likeness (QED) is 0.283. The number of rotatable bonds is 2. The smallest absolute Gasteiger partial charge is 0.0982 e. The molecule has 6 aromatic rings. The summed E-state index contributed by atoms with van der Waals surface area (Å²) in [4.78, 5) is 5.08. The number of fused-ring (bicyclic) bond motifs is 7. The Hall–Kier alpha value is -3.59. The van der Waals surface area contributed by atoms with Gasteiger partial charge in [0, 0.05) is 34.1 Å². The maximum atomic E-state index is 5.08. The molecule has 1 aliphatic carbocycles. The lowest BCUT2D eigenvalue weighted by molar-refractivity contribution is 0.367. The Morgan fingerprint density at radius 1 is 0.625 bits per heavy atom. The molecule has 3 heteroatoms. The van der Waals surface area contributed by atoms with E-state index in [1.807, 2.05) is 0 Å². The average Bonchev–Trinajstić information content (AvgIpc) is 3.38. The van der Waals surface area contributed by atoms with E-state index in [0.717, 1.165) is 5.52 Å². The highest BCUT2D eigenvalue weighted by Crippen LogP contribution is 2.42. The van der Waals surface area contributed by atoms with Gasteiger partial charge in [0.25, 0.3) is 0 Å². The second-order valence-electron chi connectivity index (χ2n) is 9.08. The monoisotopic (exact) mass is 415 g/mol. The first-order valence-corrected chi connectivity index (χ1v) is 11.8. The summed E-state index contributed by atoms with van der Waals surface area (Å²) in [6.07, 6.45) is 8.56. The van der Waals surface area contributed by atoms with Crippen LogP contribution in [0.4, 0.5) is 0 Å². The van der Waals surface area contributed by atoms with Crippen LogP contribution in [0.1, 0.15) is 38.1 Å². The van der Waals surface area contributed by atoms with Gasteiger partial charge in [0.15, 0.2) is 0 Å². The molecule has 0 spiro atoms. The van der Waals surface area contributed by atoms with Crippen molar-refractivity contribution in [1.82, 2.24) is 14.1 Å². The van der Waals surface area contributed by atoms with Crippen LogP contribution >= 0.6 is 0 Å². The Morgan fingerprint density at radius 3 is 2.12 bits per heavy atom. The number of hydrogen-bond donors (Lipinski definition) is 0. The summed E-state index contributed by atoms with van der Waals surface area (Å²) in [5.41, 5.74) is 7.45. The second-order valence-corrected chi connectivity index (χ2v) is 9.08. The molecule has 1 saturated carbocycles. The zero-order valence-corrected chi connectivity index (χ0v) is 18.0. The molecular formula is C29H25N3. The topological polar surface area (TPSA) is 22.8 Å². The average molecular weight is 416 g/mol. The fourth-order valence-corrected chi connectivity index (χ4v) is 5.92. The minimum atomic E-state index is 0.529. The van der Waals surface area contributed by atoms with Crippen LogP contribution in [-0.2, 0) is 0 Å². The minimum absolute atomic E-state index is 0.529. The Bertz CT molecular complexity index is 1600. The molecule has 0 atom stereocenters. The molecule has 7 rings (SSSR count). The Kier molecular flexibility index (Phi) is 3.92. The summed E-state index contributed by atoms with van der Waals surface area (Å²) in [7, 11) is 0. The summed E-state index contributed by atoms with van der Waals surface area (Å²) >= 11 is 0. The molecule has 0 amide bonds. The van der Waals surface area contributed by atoms with E-state index in [-0.39, 0.29) is 0 Å². The number of benzene rings is 3. The third-order valence-corrected chi connectivity index (χ3v) is 7.30. The molecule has 0 aliphatic heterocycles. The molecule has 0 unspecified atom stereocenters. The summed E-state index contributed by atoms with van der Waals surface area (Å²) in [5, 5.41) is 3.76. The summed E-state index contributed by atoms with van der Waals surface area (Å²) in [6, 6.07) is 28.9. The van der Waals surface area contributed by atoms with E-state index in [9.17, 15) is 0 Å². The second kappa shape index (κ2) is 6.96. The van der Waals surface area contributed by atoms with Crippen LogP contribution in [-0.4, -0.2) is 14.1 Å². The first-order valence-electron chi connectivity index (χ1n) is 11.8. The van der Waals surface area contributed by atoms with E-state index >= 15 is 0 Å². The van der Waals surface area contributed by atoms with Crippen molar-refractivity contribution in [2.24, 2.45) is 0 Å². The van der Waals surface area contributed by atoms with Crippen molar-refractivity contribution in [1.29, 1.82) is 0 Å². The summed E-state index contributed by atoms with van der Waals surface area (Å²) in [6.45, 7) is 0. The van der Waals surface area contributed by atoms with Crippen molar-refractivity contribution in [3.63, 3.8) is 0 Å². The summed E-state index contributed by atoms with van der Waals surface area (Å²) < 4.78 is 5.09. The predicted octanol–water partition coefficient (Wildman–Crippen LogP) is 7.79. The van der Waals surface area contributed by atoms with Gasteiger partial charge in [-0.05, 0) is 37.1 Å². The molecule has 156 valence electrons. The highest BCUT2D eigenvalue weighted by molar-refractivity contribution is 6.21. The maximum Gasteiger partial charge on any atom is 0.0982 e. The van der Waals surface area contributed by atoms with Crippen LogP contribution in [0.15, 0.2) is 85.1 Å². The van der Waals surface area contributed by atoms with Gasteiger partial charge in [-0.25, -0.2) is 0 Å². The first-order chi connectivity index (χ1) is 15.9. The fraction of sp³-hybridized carbons (Fsp3) is 0.207. The zero-order chi connectivity index (χ0) is 21.1. The highest BCUT2D eigenvalue weighted by Gasteiger charge is 2.25. The molecule has 0 saturated heterocycles. The molecule has 32 heavy (non-hydrogen) atoms. The van der Waals surface area contributed by atoms with Crippen LogP contribution in [0.25, 0.3) is 49.4 Å². The predicted molar refractivity (Wildman–Crippen MR) is 134 cm³/mol. The van der Waals surface area contributed by atoms with E-state index in [0.29, 0.717) is 6.04 Å². The summed E-state index contributed by atoms with van der Waals surface area (Å²) in [5.74, 6) is 0. The Morgan fingerprint density at radius 2 is 1.31 bits per heavy atom. The zero-order valence-electron chi connectivity index (χ0n) is 18.0. The van der Waals surface area contributed by atoms with Crippen molar-refractivity contribution < 1.29 is 0 Å². The molecule has 3 nitrogen and oxygen atoms in total. The van der Waals surface area contributed by atoms with Gasteiger partial charge in [0.2, 0.25) is 0 Å². The lowest BCUT2D eigenvalue weighted by atomic mass is 9.95. The van der Waals surface area contributed by atoms with Crippen molar-refractivity contribution in [2.45, 2.75) is 38.1 Å². The van der Waals surface area contributed by atoms with Crippen molar-refractivity contribution in [3.05, 3.63) is 85.1 Å². The van der Waals surface area contributed by atoms with E-state index in [1.165, 1.54) is 76.0 Å². The molecule has 3 aromatic heterocycles. The number of hydrogen-bond acceptors (Lipinski definition) is 1.